The molecular weight excluding hydrogens is 324 g/mol. The van der Waals surface area contributed by atoms with Gasteiger partial charge in [-0.15, -0.1) is 0 Å². The topological polar surface area (TPSA) is 67.2 Å². The highest BCUT2D eigenvalue weighted by atomic mass is 79.9. The molecule has 0 aliphatic carbocycles. The average molecular weight is 339 g/mol. The monoisotopic (exact) mass is 338 g/mol. The van der Waals surface area contributed by atoms with Crippen LogP contribution >= 0.6 is 15.9 Å². The fourth-order valence-corrected chi connectivity index (χ4v) is 2.38. The summed E-state index contributed by atoms with van der Waals surface area (Å²) in [5.41, 5.74) is 0.911. The number of rotatable bonds is 4. The van der Waals surface area contributed by atoms with Crippen LogP contribution in [-0.2, 0) is 11.8 Å². The molecule has 1 aromatic heterocycles. The van der Waals surface area contributed by atoms with Gasteiger partial charge in [-0.25, -0.2) is 4.79 Å². The molecule has 0 spiro atoms. The Hall–Kier alpha value is -1.89. The van der Waals surface area contributed by atoms with E-state index >= 15 is 0 Å². The second kappa shape index (κ2) is 6.04. The highest BCUT2D eigenvalue weighted by Crippen LogP contribution is 2.28. The highest BCUT2D eigenvalue weighted by Gasteiger charge is 2.20. The van der Waals surface area contributed by atoms with E-state index in [1.807, 2.05) is 25.2 Å². The summed E-state index contributed by atoms with van der Waals surface area (Å²) < 4.78 is 2.66. The standard InChI is InChI=1S/C13H15BrN4O2/c1-15-13(20)18(6-3-7-19)12-10-5-4-9(14)8-11(10)17(2)16-12/h4-5,7-8H,3,6H2,1-2H3,(H,15,20). The highest BCUT2D eigenvalue weighted by molar-refractivity contribution is 9.10. The maximum atomic E-state index is 12.0. The molecule has 0 atom stereocenters. The maximum Gasteiger partial charge on any atom is 0.322 e. The number of carbonyl (C=O) groups is 2. The lowest BCUT2D eigenvalue weighted by Crippen LogP contribution is -2.39. The number of hydrogen-bond donors (Lipinski definition) is 1. The third-order valence-corrected chi connectivity index (χ3v) is 3.47. The molecule has 0 radical (unpaired) electrons. The molecule has 0 unspecified atom stereocenters. The van der Waals surface area contributed by atoms with Crippen molar-refractivity contribution < 1.29 is 9.59 Å². The number of halogens is 1. The molecule has 0 fully saturated rings. The Morgan fingerprint density at radius 2 is 2.30 bits per heavy atom. The molecule has 2 rings (SSSR count). The van der Waals surface area contributed by atoms with Crippen LogP contribution in [0.5, 0.6) is 0 Å². The van der Waals surface area contributed by atoms with Gasteiger partial charge in [0.15, 0.2) is 5.82 Å². The van der Waals surface area contributed by atoms with E-state index in [1.165, 1.54) is 4.90 Å². The first-order chi connectivity index (χ1) is 9.58. The second-order valence-corrected chi connectivity index (χ2v) is 5.19. The van der Waals surface area contributed by atoms with Crippen LogP contribution in [0, 0.1) is 0 Å². The van der Waals surface area contributed by atoms with E-state index in [-0.39, 0.29) is 12.5 Å². The van der Waals surface area contributed by atoms with E-state index < -0.39 is 0 Å². The third kappa shape index (κ3) is 2.67. The van der Waals surface area contributed by atoms with Crippen molar-refractivity contribution in [1.29, 1.82) is 0 Å². The predicted molar refractivity (Wildman–Crippen MR) is 80.9 cm³/mol. The Balaban J connectivity index is 2.52. The molecule has 106 valence electrons. The lowest BCUT2D eigenvalue weighted by atomic mass is 10.2. The van der Waals surface area contributed by atoms with Gasteiger partial charge in [0, 0.05) is 36.9 Å². The number of benzene rings is 1. The number of nitrogens with zero attached hydrogens (tertiary/aromatic N) is 3. The molecular formula is C13H15BrN4O2. The van der Waals surface area contributed by atoms with E-state index in [1.54, 1.807) is 11.7 Å². The van der Waals surface area contributed by atoms with Crippen LogP contribution < -0.4 is 10.2 Å². The first-order valence-corrected chi connectivity index (χ1v) is 6.93. The van der Waals surface area contributed by atoms with Crippen LogP contribution in [0.4, 0.5) is 10.6 Å². The number of aryl methyl sites for hydroxylation is 1. The lowest BCUT2D eigenvalue weighted by Gasteiger charge is -2.18. The molecule has 1 N–H and O–H groups in total. The quantitative estimate of drug-likeness (QED) is 0.867. The number of aromatic nitrogens is 2. The van der Waals surface area contributed by atoms with Gasteiger partial charge >= 0.3 is 6.03 Å². The smallest absolute Gasteiger partial charge is 0.322 e. The molecule has 0 bridgehead atoms. The zero-order valence-corrected chi connectivity index (χ0v) is 12.8. The number of fused-ring (bicyclic) bond motifs is 1. The SMILES string of the molecule is CNC(=O)N(CCC=O)c1nn(C)c2cc(Br)ccc12. The molecule has 2 aromatic rings. The van der Waals surface area contributed by atoms with Crippen molar-refractivity contribution in [3.8, 4) is 0 Å². The zero-order chi connectivity index (χ0) is 14.7. The maximum absolute atomic E-state index is 12.0. The molecule has 0 saturated carbocycles. The van der Waals surface area contributed by atoms with Crippen LogP contribution in [0.25, 0.3) is 10.9 Å². The Morgan fingerprint density at radius 3 is 2.95 bits per heavy atom. The van der Waals surface area contributed by atoms with Gasteiger partial charge < -0.3 is 10.1 Å². The molecule has 7 heteroatoms. The van der Waals surface area contributed by atoms with Gasteiger partial charge in [0.1, 0.15) is 6.29 Å². The number of nitrogens with one attached hydrogen (secondary N) is 1. The minimum Gasteiger partial charge on any atom is -0.341 e. The van der Waals surface area contributed by atoms with Crippen molar-refractivity contribution in [2.45, 2.75) is 6.42 Å². The summed E-state index contributed by atoms with van der Waals surface area (Å²) in [5.74, 6) is 0.552. The van der Waals surface area contributed by atoms with Gasteiger partial charge in [-0.3, -0.25) is 9.58 Å². The Morgan fingerprint density at radius 1 is 1.55 bits per heavy atom. The molecule has 20 heavy (non-hydrogen) atoms. The number of aldehydes is 1. The second-order valence-electron chi connectivity index (χ2n) is 4.27. The van der Waals surface area contributed by atoms with Crippen LogP contribution in [0.1, 0.15) is 6.42 Å². The molecule has 2 amide bonds. The van der Waals surface area contributed by atoms with E-state index in [2.05, 4.69) is 26.3 Å². The fourth-order valence-electron chi connectivity index (χ4n) is 2.03. The predicted octanol–water partition coefficient (Wildman–Crippen LogP) is 2.07. The first kappa shape index (κ1) is 14.5. The molecule has 0 saturated heterocycles. The van der Waals surface area contributed by atoms with Crippen molar-refractivity contribution in [2.75, 3.05) is 18.5 Å². The number of anilines is 1. The Kier molecular flexibility index (Phi) is 4.39. The summed E-state index contributed by atoms with van der Waals surface area (Å²) in [6.45, 7) is 0.297. The van der Waals surface area contributed by atoms with Gasteiger partial charge in [0.25, 0.3) is 0 Å². The van der Waals surface area contributed by atoms with Crippen molar-refractivity contribution in [2.24, 2.45) is 7.05 Å². The Bertz CT molecular complexity index is 653. The number of amides is 2. The van der Waals surface area contributed by atoms with Crippen LogP contribution in [0.3, 0.4) is 0 Å². The molecule has 1 heterocycles. The van der Waals surface area contributed by atoms with Crippen LogP contribution in [0.2, 0.25) is 0 Å². The lowest BCUT2D eigenvalue weighted by molar-refractivity contribution is -0.107. The summed E-state index contributed by atoms with van der Waals surface area (Å²) in [7, 11) is 3.37. The number of hydrogen-bond acceptors (Lipinski definition) is 3. The zero-order valence-electron chi connectivity index (χ0n) is 11.3. The van der Waals surface area contributed by atoms with Gasteiger partial charge in [-0.05, 0) is 18.2 Å². The minimum absolute atomic E-state index is 0.266. The number of carbonyl (C=O) groups excluding carboxylic acids is 2. The van der Waals surface area contributed by atoms with Gasteiger partial charge in [-0.1, -0.05) is 15.9 Å². The first-order valence-electron chi connectivity index (χ1n) is 6.13. The van der Waals surface area contributed by atoms with Crippen molar-refractivity contribution in [3.05, 3.63) is 22.7 Å². The van der Waals surface area contributed by atoms with E-state index in [0.717, 1.165) is 21.7 Å². The van der Waals surface area contributed by atoms with Crippen LogP contribution in [-0.4, -0.2) is 35.7 Å². The largest absolute Gasteiger partial charge is 0.341 e. The Labute approximate surface area is 124 Å². The summed E-state index contributed by atoms with van der Waals surface area (Å²) in [6.07, 6.45) is 1.06. The summed E-state index contributed by atoms with van der Waals surface area (Å²) >= 11 is 3.42. The summed E-state index contributed by atoms with van der Waals surface area (Å²) in [5, 5.41) is 7.83. The molecule has 1 aromatic carbocycles. The van der Waals surface area contributed by atoms with Gasteiger partial charge in [0.2, 0.25) is 0 Å². The molecule has 0 aliphatic heterocycles. The molecule has 6 nitrogen and oxygen atoms in total. The molecule has 0 aliphatic rings. The third-order valence-electron chi connectivity index (χ3n) is 2.98. The summed E-state index contributed by atoms with van der Waals surface area (Å²) in [6, 6.07) is 5.45. The average Bonchev–Trinajstić information content (AvgIpc) is 2.76. The minimum atomic E-state index is -0.283. The van der Waals surface area contributed by atoms with E-state index in [9.17, 15) is 9.59 Å². The van der Waals surface area contributed by atoms with Gasteiger partial charge in [0.05, 0.1) is 5.52 Å². The van der Waals surface area contributed by atoms with Crippen molar-refractivity contribution in [1.82, 2.24) is 15.1 Å². The van der Waals surface area contributed by atoms with Crippen molar-refractivity contribution >= 4 is 45.0 Å². The fraction of sp³-hybridized carbons (Fsp3) is 0.308. The van der Waals surface area contributed by atoms with Gasteiger partial charge in [-0.2, -0.15) is 5.10 Å². The normalized spacial score (nSPS) is 10.6. The summed E-state index contributed by atoms with van der Waals surface area (Å²) in [4.78, 5) is 24.0. The van der Waals surface area contributed by atoms with E-state index in [0.29, 0.717) is 12.4 Å². The van der Waals surface area contributed by atoms with Crippen molar-refractivity contribution in [3.63, 3.8) is 0 Å². The van der Waals surface area contributed by atoms with Crippen LogP contribution in [0.15, 0.2) is 22.7 Å². The number of urea groups is 1. The van der Waals surface area contributed by atoms with E-state index in [4.69, 9.17) is 0 Å².